The van der Waals surface area contributed by atoms with Gasteiger partial charge in [-0.15, -0.1) is 0 Å². The van der Waals surface area contributed by atoms with Gasteiger partial charge in [0.1, 0.15) is 5.60 Å². The van der Waals surface area contributed by atoms with E-state index in [0.29, 0.717) is 18.8 Å². The van der Waals surface area contributed by atoms with Crippen LogP contribution in [-0.2, 0) is 9.53 Å². The molecule has 1 N–H and O–H groups in total. The lowest BCUT2D eigenvalue weighted by Crippen LogP contribution is -2.46. The van der Waals surface area contributed by atoms with Gasteiger partial charge in [-0.05, 0) is 26.7 Å². The molecule has 1 aliphatic heterocycles. The van der Waals surface area contributed by atoms with Gasteiger partial charge in [-0.2, -0.15) is 0 Å². The number of aliphatic hydroxyl groups is 1. The lowest BCUT2D eigenvalue weighted by atomic mass is 9.70. The second-order valence-corrected chi connectivity index (χ2v) is 4.90. The molecule has 0 radical (unpaired) electrons. The molecule has 0 aromatic rings. The maximum absolute atomic E-state index is 11.1. The molecular weight excluding hydrogens is 168 g/mol. The van der Waals surface area contributed by atoms with Crippen molar-refractivity contribution in [3.05, 3.63) is 0 Å². The summed E-state index contributed by atoms with van der Waals surface area (Å²) in [4.78, 5) is 11.1. The molecule has 0 amide bonds. The molecule has 0 spiro atoms. The Morgan fingerprint density at radius 3 is 2.92 bits per heavy atom. The molecule has 0 bridgehead atoms. The van der Waals surface area contributed by atoms with Gasteiger partial charge >= 0.3 is 5.97 Å². The van der Waals surface area contributed by atoms with Gasteiger partial charge < -0.3 is 9.84 Å². The Balaban J connectivity index is 2.20. The molecule has 13 heavy (non-hydrogen) atoms. The highest BCUT2D eigenvalue weighted by molar-refractivity contribution is 5.73. The maximum Gasteiger partial charge on any atom is 0.306 e. The molecule has 1 saturated heterocycles. The van der Waals surface area contributed by atoms with Crippen LogP contribution in [0.25, 0.3) is 0 Å². The van der Waals surface area contributed by atoms with Crippen LogP contribution in [0, 0.1) is 5.92 Å². The summed E-state index contributed by atoms with van der Waals surface area (Å²) in [7, 11) is 0. The van der Waals surface area contributed by atoms with E-state index in [1.54, 1.807) is 0 Å². The van der Waals surface area contributed by atoms with Crippen LogP contribution < -0.4 is 0 Å². The first kappa shape index (κ1) is 9.00. The minimum atomic E-state index is -0.657. The van der Waals surface area contributed by atoms with Crippen LogP contribution >= 0.6 is 0 Å². The average molecular weight is 184 g/mol. The van der Waals surface area contributed by atoms with Gasteiger partial charge in [0.25, 0.3) is 0 Å². The molecule has 0 aromatic heterocycles. The van der Waals surface area contributed by atoms with Gasteiger partial charge in [0.2, 0.25) is 0 Å². The maximum atomic E-state index is 11.1. The molecule has 1 aliphatic carbocycles. The third kappa shape index (κ3) is 1.46. The van der Waals surface area contributed by atoms with Crippen molar-refractivity contribution in [3.63, 3.8) is 0 Å². The monoisotopic (exact) mass is 184 g/mol. The fraction of sp³-hybridized carbons (Fsp3) is 0.900. The van der Waals surface area contributed by atoms with Crippen LogP contribution in [0.4, 0.5) is 0 Å². The number of fused-ring (bicyclic) bond motifs is 1. The third-order valence-electron chi connectivity index (χ3n) is 3.39. The summed E-state index contributed by atoms with van der Waals surface area (Å²) in [5.74, 6) is 0.213. The number of carbonyl (C=O) groups is 1. The standard InChI is InChI=1S/C10H16O3/c1-9(12)4-3-7-5-8(11)13-10(7,2)6-9/h7,12H,3-6H2,1-2H3. The molecule has 3 unspecified atom stereocenters. The summed E-state index contributed by atoms with van der Waals surface area (Å²) in [6.07, 6.45) is 2.79. The quantitative estimate of drug-likeness (QED) is 0.576. The van der Waals surface area contributed by atoms with E-state index in [9.17, 15) is 9.90 Å². The van der Waals surface area contributed by atoms with E-state index in [-0.39, 0.29) is 5.97 Å². The van der Waals surface area contributed by atoms with Crippen LogP contribution in [0.15, 0.2) is 0 Å². The van der Waals surface area contributed by atoms with Crippen molar-refractivity contribution in [2.75, 3.05) is 0 Å². The minimum Gasteiger partial charge on any atom is -0.459 e. The number of esters is 1. The van der Waals surface area contributed by atoms with Crippen molar-refractivity contribution in [2.24, 2.45) is 5.92 Å². The van der Waals surface area contributed by atoms with Crippen molar-refractivity contribution in [2.45, 2.75) is 50.7 Å². The smallest absolute Gasteiger partial charge is 0.306 e. The fourth-order valence-electron chi connectivity index (χ4n) is 2.72. The Hall–Kier alpha value is -0.570. The van der Waals surface area contributed by atoms with Gasteiger partial charge in [0.15, 0.2) is 0 Å². The number of ether oxygens (including phenoxy) is 1. The molecule has 2 fully saturated rings. The molecule has 3 heteroatoms. The largest absolute Gasteiger partial charge is 0.459 e. The van der Waals surface area contributed by atoms with Crippen LogP contribution in [0.2, 0.25) is 0 Å². The van der Waals surface area contributed by atoms with Crippen LogP contribution in [-0.4, -0.2) is 22.3 Å². The fourth-order valence-corrected chi connectivity index (χ4v) is 2.72. The first-order chi connectivity index (χ1) is 5.91. The second kappa shape index (κ2) is 2.47. The Morgan fingerprint density at radius 2 is 2.23 bits per heavy atom. The number of rotatable bonds is 0. The third-order valence-corrected chi connectivity index (χ3v) is 3.39. The molecule has 1 heterocycles. The first-order valence-corrected chi connectivity index (χ1v) is 4.86. The summed E-state index contributed by atoms with van der Waals surface area (Å²) < 4.78 is 5.29. The van der Waals surface area contributed by atoms with Crippen molar-refractivity contribution >= 4 is 5.97 Å². The highest BCUT2D eigenvalue weighted by atomic mass is 16.6. The van der Waals surface area contributed by atoms with Crippen molar-refractivity contribution in [1.82, 2.24) is 0 Å². The number of carbonyl (C=O) groups excluding carboxylic acids is 1. The zero-order valence-electron chi connectivity index (χ0n) is 8.17. The Kier molecular flexibility index (Phi) is 1.71. The topological polar surface area (TPSA) is 46.5 Å². The van der Waals surface area contributed by atoms with Crippen LogP contribution in [0.1, 0.15) is 39.5 Å². The predicted octanol–water partition coefficient (Wildman–Crippen LogP) is 1.24. The zero-order valence-corrected chi connectivity index (χ0v) is 8.17. The highest BCUT2D eigenvalue weighted by Crippen LogP contribution is 2.46. The summed E-state index contributed by atoms with van der Waals surface area (Å²) in [6.45, 7) is 3.76. The predicted molar refractivity (Wildman–Crippen MR) is 47.1 cm³/mol. The molecule has 74 valence electrons. The number of hydrogen-bond acceptors (Lipinski definition) is 3. The van der Waals surface area contributed by atoms with E-state index in [1.807, 2.05) is 13.8 Å². The van der Waals surface area contributed by atoms with Crippen LogP contribution in [0.5, 0.6) is 0 Å². The lowest BCUT2D eigenvalue weighted by Gasteiger charge is -2.41. The molecule has 2 aliphatic rings. The normalized spacial score (nSPS) is 50.1. The van der Waals surface area contributed by atoms with Gasteiger partial charge in [-0.1, -0.05) is 0 Å². The summed E-state index contributed by atoms with van der Waals surface area (Å²) in [5.41, 5.74) is -1.06. The highest BCUT2D eigenvalue weighted by Gasteiger charge is 2.52. The van der Waals surface area contributed by atoms with Crippen molar-refractivity contribution in [1.29, 1.82) is 0 Å². The van der Waals surface area contributed by atoms with E-state index < -0.39 is 11.2 Å². The van der Waals surface area contributed by atoms with Gasteiger partial charge in [-0.25, -0.2) is 0 Å². The Bertz CT molecular complexity index is 247. The summed E-state index contributed by atoms with van der Waals surface area (Å²) in [5, 5.41) is 9.88. The van der Waals surface area contributed by atoms with E-state index in [1.165, 1.54) is 0 Å². The molecular formula is C10H16O3. The SMILES string of the molecule is CC1(O)CCC2CC(=O)OC2(C)C1. The molecule has 1 saturated carbocycles. The lowest BCUT2D eigenvalue weighted by molar-refractivity contribution is -0.156. The minimum absolute atomic E-state index is 0.106. The molecule has 3 nitrogen and oxygen atoms in total. The van der Waals surface area contributed by atoms with Gasteiger partial charge in [0, 0.05) is 12.3 Å². The Labute approximate surface area is 78.1 Å². The summed E-state index contributed by atoms with van der Waals surface area (Å²) >= 11 is 0. The summed E-state index contributed by atoms with van der Waals surface area (Å²) in [6, 6.07) is 0. The van der Waals surface area contributed by atoms with E-state index >= 15 is 0 Å². The number of hydrogen-bond donors (Lipinski definition) is 1. The molecule has 3 atom stereocenters. The second-order valence-electron chi connectivity index (χ2n) is 4.90. The van der Waals surface area contributed by atoms with Crippen LogP contribution in [0.3, 0.4) is 0 Å². The van der Waals surface area contributed by atoms with E-state index in [2.05, 4.69) is 0 Å². The zero-order chi connectivity index (χ0) is 9.69. The van der Waals surface area contributed by atoms with Gasteiger partial charge in [0.05, 0.1) is 12.0 Å². The van der Waals surface area contributed by atoms with Gasteiger partial charge in [-0.3, -0.25) is 4.79 Å². The van der Waals surface area contributed by atoms with Crippen molar-refractivity contribution in [3.8, 4) is 0 Å². The average Bonchev–Trinajstić information content (AvgIpc) is 2.20. The molecule has 2 rings (SSSR count). The van der Waals surface area contributed by atoms with E-state index in [4.69, 9.17) is 4.74 Å². The first-order valence-electron chi connectivity index (χ1n) is 4.86. The Morgan fingerprint density at radius 1 is 1.54 bits per heavy atom. The molecule has 0 aromatic carbocycles. The van der Waals surface area contributed by atoms with E-state index in [0.717, 1.165) is 12.8 Å². The van der Waals surface area contributed by atoms with Crippen molar-refractivity contribution < 1.29 is 14.6 Å².